The van der Waals surface area contributed by atoms with Gasteiger partial charge in [0.2, 0.25) is 0 Å². The van der Waals surface area contributed by atoms with E-state index in [1.807, 2.05) is 76.2 Å². The number of halogens is 1. The third kappa shape index (κ3) is 52.4. The van der Waals surface area contributed by atoms with Crippen LogP contribution in [0, 0.1) is 0 Å². The van der Waals surface area contributed by atoms with E-state index in [1.54, 1.807) is 6.92 Å². The maximum Gasteiger partial charge on any atom is 0.0781 e. The van der Waals surface area contributed by atoms with Crippen molar-refractivity contribution >= 4 is 15.9 Å². The first-order chi connectivity index (χ1) is 28.4. The fraction of sp³-hybridized carbons (Fsp3) is 1.00. The minimum atomic E-state index is -0.469. The van der Waals surface area contributed by atoms with Gasteiger partial charge in [0, 0.05) is 18.5 Å². The van der Waals surface area contributed by atoms with E-state index >= 15 is 0 Å². The third-order valence-electron chi connectivity index (χ3n) is 7.91. The van der Waals surface area contributed by atoms with E-state index < -0.39 is 6.10 Å². The van der Waals surface area contributed by atoms with E-state index in [-0.39, 0.29) is 81.2 Å². The first kappa shape index (κ1) is 67.5. The molecule has 14 nitrogen and oxygen atoms in total. The highest BCUT2D eigenvalue weighted by Crippen LogP contribution is 2.06. The van der Waals surface area contributed by atoms with Gasteiger partial charge >= 0.3 is 0 Å². The Morgan fingerprint density at radius 1 is 0.344 bits per heavy atom. The Morgan fingerprint density at radius 3 is 0.803 bits per heavy atom. The maximum atomic E-state index is 9.17. The molecule has 0 bridgehead atoms. The summed E-state index contributed by atoms with van der Waals surface area (Å²) < 4.78 is 68.0. The molecule has 2 N–H and O–H groups in total. The number of hydrogen-bond donors (Lipinski definition) is 2. The van der Waals surface area contributed by atoms with Crippen molar-refractivity contribution in [2.75, 3.05) is 97.8 Å². The number of aliphatic hydroxyl groups is 2. The van der Waals surface area contributed by atoms with Crippen LogP contribution in [0.2, 0.25) is 0 Å². The first-order valence-corrected chi connectivity index (χ1v) is 23.8. The SMILES string of the molecule is C.CC(O)COC(C)COC(C)COC(C)COC(C)COC(C)CO.CCCBr.CCCOCC(C)OCC(C)OCC(C)OCC(C)OCC(C)OCC(C)OCCC. The molecule has 0 aliphatic carbocycles. The van der Waals surface area contributed by atoms with Crippen molar-refractivity contribution in [3.8, 4) is 0 Å². The van der Waals surface area contributed by atoms with Crippen molar-refractivity contribution in [3.63, 3.8) is 0 Å². The molecule has 15 heteroatoms. The zero-order valence-electron chi connectivity index (χ0n) is 40.8. The lowest BCUT2D eigenvalue weighted by Crippen LogP contribution is -2.29. The van der Waals surface area contributed by atoms with Gasteiger partial charge in [0.05, 0.1) is 153 Å². The lowest BCUT2D eigenvalue weighted by Gasteiger charge is -2.22. The molecule has 0 spiro atoms. The molecular weight excluding hydrogens is 856 g/mol. The Morgan fingerprint density at radius 2 is 0.574 bits per heavy atom. The van der Waals surface area contributed by atoms with Crippen molar-refractivity contribution in [3.05, 3.63) is 0 Å². The number of alkyl halides is 1. The molecule has 0 aliphatic rings. The maximum absolute atomic E-state index is 9.17. The fourth-order valence-electron chi connectivity index (χ4n) is 4.25. The highest BCUT2D eigenvalue weighted by molar-refractivity contribution is 9.09. The van der Waals surface area contributed by atoms with Gasteiger partial charge in [0.25, 0.3) is 0 Å². The van der Waals surface area contributed by atoms with Crippen LogP contribution in [0.4, 0.5) is 0 Å². The summed E-state index contributed by atoms with van der Waals surface area (Å²) in [5, 5.41) is 19.2. The van der Waals surface area contributed by atoms with Crippen molar-refractivity contribution in [2.24, 2.45) is 0 Å². The molecule has 0 amide bonds. The summed E-state index contributed by atoms with van der Waals surface area (Å²) in [6, 6.07) is 0. The van der Waals surface area contributed by atoms with Crippen molar-refractivity contribution in [1.82, 2.24) is 0 Å². The van der Waals surface area contributed by atoms with Crippen LogP contribution in [0.5, 0.6) is 0 Å². The van der Waals surface area contributed by atoms with Crippen LogP contribution in [0.15, 0.2) is 0 Å². The number of rotatable bonds is 39. The monoisotopic (exact) mass is 955 g/mol. The molecule has 0 aromatic carbocycles. The van der Waals surface area contributed by atoms with Gasteiger partial charge in [-0.15, -0.1) is 0 Å². The lowest BCUT2D eigenvalue weighted by molar-refractivity contribution is -0.104. The highest BCUT2D eigenvalue weighted by Gasteiger charge is 2.15. The molecule has 0 saturated carbocycles. The van der Waals surface area contributed by atoms with E-state index in [4.69, 9.17) is 61.9 Å². The third-order valence-corrected chi connectivity index (χ3v) is 8.71. The van der Waals surface area contributed by atoms with E-state index in [2.05, 4.69) is 36.7 Å². The zero-order chi connectivity index (χ0) is 46.1. The predicted octanol–water partition coefficient (Wildman–Crippen LogP) is 8.07. The standard InChI is InChI=1S/C24H50O7.C18H38O7.C3H7Br.CH4/c1-9-11-25-13-19(3)27-15-21(5)29-17-23(7)31-18-24(8)30-16-22(6)28-14-20(4)26-12-10-2;1-13(20)8-21-15(3)10-23-17(5)12-25-18(6)11-24-16(4)9-22-14(2)7-19;1-2-3-4;/h19-24H,9-18H2,1-8H3;13-20H,7-12H2,1-6H3;2-3H2,1H3;1H4. The normalized spacial score (nSPS) is 17.4. The molecule has 374 valence electrons. The summed E-state index contributed by atoms with van der Waals surface area (Å²) in [4.78, 5) is 0. The number of hydrogen-bond acceptors (Lipinski definition) is 14. The summed E-state index contributed by atoms with van der Waals surface area (Å²) in [6.45, 7) is 36.7. The van der Waals surface area contributed by atoms with Crippen LogP contribution in [0.25, 0.3) is 0 Å². The second-order valence-corrected chi connectivity index (χ2v) is 16.7. The first-order valence-electron chi connectivity index (χ1n) is 22.6. The Balaban J connectivity index is -0.000000490. The van der Waals surface area contributed by atoms with Crippen LogP contribution < -0.4 is 0 Å². The van der Waals surface area contributed by atoms with E-state index in [0.717, 1.165) is 31.4 Å². The Kier molecular flexibility index (Phi) is 53.0. The van der Waals surface area contributed by atoms with E-state index in [1.165, 1.54) is 6.42 Å². The summed E-state index contributed by atoms with van der Waals surface area (Å²) in [5.41, 5.74) is 0. The van der Waals surface area contributed by atoms with Gasteiger partial charge in [-0.25, -0.2) is 0 Å². The average molecular weight is 956 g/mol. The molecule has 0 aromatic rings. The molecule has 0 aromatic heterocycles. The highest BCUT2D eigenvalue weighted by atomic mass is 79.9. The zero-order valence-corrected chi connectivity index (χ0v) is 42.4. The minimum absolute atomic E-state index is 0. The molecule has 12 unspecified atom stereocenters. The second kappa shape index (κ2) is 47.9. The van der Waals surface area contributed by atoms with Gasteiger partial charge in [0.1, 0.15) is 0 Å². The summed E-state index contributed by atoms with van der Waals surface area (Å²) in [5.74, 6) is 0. The molecule has 0 radical (unpaired) electrons. The summed E-state index contributed by atoms with van der Waals surface area (Å²) >= 11 is 3.25. The lowest BCUT2D eigenvalue weighted by atomic mass is 10.3. The smallest absolute Gasteiger partial charge is 0.0781 e. The average Bonchev–Trinajstić information content (AvgIpc) is 3.23. The fourth-order valence-corrected chi connectivity index (χ4v) is 4.25. The number of ether oxygens (including phenoxy) is 12. The summed E-state index contributed by atoms with van der Waals surface area (Å²) in [6.07, 6.45) is 2.60. The van der Waals surface area contributed by atoms with Gasteiger partial charge in [-0.2, -0.15) is 0 Å². The van der Waals surface area contributed by atoms with Crippen LogP contribution in [-0.4, -0.2) is 181 Å². The number of aliphatic hydroxyl groups excluding tert-OH is 2. The predicted molar refractivity (Wildman–Crippen MR) is 251 cm³/mol. The Bertz CT molecular complexity index is 848. The molecule has 61 heavy (non-hydrogen) atoms. The molecular formula is C46H99BrO14. The van der Waals surface area contributed by atoms with Crippen LogP contribution in [0.1, 0.15) is 131 Å². The minimum Gasteiger partial charge on any atom is -0.394 e. The van der Waals surface area contributed by atoms with Crippen LogP contribution in [0.3, 0.4) is 0 Å². The van der Waals surface area contributed by atoms with Gasteiger partial charge in [0.15, 0.2) is 0 Å². The molecule has 0 aliphatic heterocycles. The second-order valence-electron chi connectivity index (χ2n) is 15.9. The van der Waals surface area contributed by atoms with Crippen LogP contribution in [-0.2, 0) is 56.8 Å². The van der Waals surface area contributed by atoms with Crippen molar-refractivity contribution in [1.29, 1.82) is 0 Å². The largest absolute Gasteiger partial charge is 0.394 e. The molecule has 0 rings (SSSR count). The van der Waals surface area contributed by atoms with E-state index in [9.17, 15) is 5.11 Å². The van der Waals surface area contributed by atoms with Gasteiger partial charge < -0.3 is 67.1 Å². The van der Waals surface area contributed by atoms with Gasteiger partial charge in [-0.3, -0.25) is 0 Å². The molecule has 0 heterocycles. The van der Waals surface area contributed by atoms with Crippen molar-refractivity contribution < 1.29 is 67.1 Å². The quantitative estimate of drug-likeness (QED) is 0.0452. The van der Waals surface area contributed by atoms with Crippen molar-refractivity contribution in [2.45, 2.75) is 204 Å². The van der Waals surface area contributed by atoms with Gasteiger partial charge in [-0.05, 0) is 102 Å². The molecule has 0 saturated heterocycles. The summed E-state index contributed by atoms with van der Waals surface area (Å²) in [7, 11) is 0. The van der Waals surface area contributed by atoms with E-state index in [0.29, 0.717) is 72.7 Å². The van der Waals surface area contributed by atoms with Gasteiger partial charge in [-0.1, -0.05) is 44.1 Å². The Hall–Kier alpha value is -0.0800. The molecule has 12 atom stereocenters. The topological polar surface area (TPSA) is 151 Å². The Labute approximate surface area is 383 Å². The molecule has 0 fully saturated rings. The van der Waals surface area contributed by atoms with Crippen LogP contribution >= 0.6 is 15.9 Å².